The number of fused-ring (bicyclic) bond motifs is 1. The summed E-state index contributed by atoms with van der Waals surface area (Å²) >= 11 is 0. The quantitative estimate of drug-likeness (QED) is 0.939. The fourth-order valence-electron chi connectivity index (χ4n) is 2.88. The first-order valence-electron chi connectivity index (χ1n) is 7.18. The molecule has 2 rings (SSSR count). The van der Waals surface area contributed by atoms with E-state index in [2.05, 4.69) is 31.7 Å². The average molecular weight is 285 g/mol. The lowest BCUT2D eigenvalue weighted by Crippen LogP contribution is -2.44. The molecule has 0 fully saturated rings. The van der Waals surface area contributed by atoms with Gasteiger partial charge in [0, 0.05) is 30.5 Å². The van der Waals surface area contributed by atoms with Crippen LogP contribution in [-0.4, -0.2) is 34.1 Å². The van der Waals surface area contributed by atoms with E-state index in [-0.39, 0.29) is 18.1 Å². The molecule has 0 radical (unpaired) electrons. The lowest BCUT2D eigenvalue weighted by atomic mass is 9.86. The molecule has 1 atom stereocenters. The molecule has 0 saturated carbocycles. The molecular weight excluding hydrogens is 262 g/mol. The Bertz CT molecular complexity index is 661. The number of rotatable bonds is 4. The number of aliphatic hydroxyl groups is 1. The second-order valence-electron chi connectivity index (χ2n) is 6.61. The molecule has 21 heavy (non-hydrogen) atoms. The highest BCUT2D eigenvalue weighted by molar-refractivity contribution is 5.65. The average Bonchev–Trinajstić information content (AvgIpc) is 2.74. The van der Waals surface area contributed by atoms with E-state index in [1.54, 1.807) is 0 Å². The van der Waals surface area contributed by atoms with Gasteiger partial charge in [0.05, 0.1) is 17.7 Å². The maximum atomic E-state index is 9.66. The molecule has 2 heterocycles. The predicted octanol–water partition coefficient (Wildman–Crippen LogP) is 2.65. The monoisotopic (exact) mass is 285 g/mol. The normalized spacial score (nSPS) is 13.6. The molecule has 0 spiro atoms. The van der Waals surface area contributed by atoms with Crippen molar-refractivity contribution in [2.75, 3.05) is 13.7 Å². The number of aromatic nitrogens is 1. The Morgan fingerprint density at radius 3 is 2.67 bits per heavy atom. The van der Waals surface area contributed by atoms with Gasteiger partial charge >= 0.3 is 0 Å². The van der Waals surface area contributed by atoms with Gasteiger partial charge in [0.15, 0.2) is 0 Å². The van der Waals surface area contributed by atoms with Crippen LogP contribution < -0.4 is 0 Å². The van der Waals surface area contributed by atoms with Gasteiger partial charge in [-0.1, -0.05) is 26.8 Å². The molecule has 0 saturated heterocycles. The van der Waals surface area contributed by atoms with Gasteiger partial charge in [-0.05, 0) is 24.6 Å². The van der Waals surface area contributed by atoms with E-state index in [0.717, 1.165) is 11.1 Å². The van der Waals surface area contributed by atoms with Gasteiger partial charge in [-0.2, -0.15) is 5.26 Å². The molecule has 112 valence electrons. The van der Waals surface area contributed by atoms with Crippen molar-refractivity contribution in [2.24, 2.45) is 5.41 Å². The minimum atomic E-state index is -0.0184. The van der Waals surface area contributed by atoms with E-state index in [1.165, 1.54) is 0 Å². The highest BCUT2D eigenvalue weighted by atomic mass is 16.3. The second kappa shape index (κ2) is 5.88. The Morgan fingerprint density at radius 1 is 1.38 bits per heavy atom. The van der Waals surface area contributed by atoms with Crippen molar-refractivity contribution in [3.05, 3.63) is 41.7 Å². The zero-order valence-electron chi connectivity index (χ0n) is 13.2. The number of nitriles is 1. The Hall–Kier alpha value is -1.83. The van der Waals surface area contributed by atoms with Crippen LogP contribution in [0.15, 0.2) is 30.6 Å². The zero-order valence-corrected chi connectivity index (χ0v) is 13.2. The fraction of sp³-hybridized carbons (Fsp3) is 0.471. The van der Waals surface area contributed by atoms with Crippen molar-refractivity contribution in [3.63, 3.8) is 0 Å². The van der Waals surface area contributed by atoms with Gasteiger partial charge in [0.2, 0.25) is 0 Å². The molecule has 0 aliphatic rings. The maximum absolute atomic E-state index is 9.66. The smallest absolute Gasteiger partial charge is 0.102 e. The third-order valence-electron chi connectivity index (χ3n) is 4.00. The van der Waals surface area contributed by atoms with Crippen molar-refractivity contribution >= 4 is 5.52 Å². The van der Waals surface area contributed by atoms with Gasteiger partial charge in [0.25, 0.3) is 0 Å². The van der Waals surface area contributed by atoms with Crippen LogP contribution in [0.4, 0.5) is 0 Å². The van der Waals surface area contributed by atoms with E-state index in [1.807, 2.05) is 42.0 Å². The summed E-state index contributed by atoms with van der Waals surface area (Å²) in [6, 6.07) is 8.20. The molecule has 0 aliphatic carbocycles. The molecule has 2 aromatic rings. The van der Waals surface area contributed by atoms with Crippen LogP contribution in [0.5, 0.6) is 0 Å². The number of hydrogen-bond donors (Lipinski definition) is 1. The molecule has 2 aromatic heterocycles. The van der Waals surface area contributed by atoms with E-state index >= 15 is 0 Å². The summed E-state index contributed by atoms with van der Waals surface area (Å²) in [7, 11) is 2.00. The topological polar surface area (TPSA) is 51.7 Å². The van der Waals surface area contributed by atoms with Crippen LogP contribution in [0.25, 0.3) is 5.52 Å². The Balaban J connectivity index is 2.33. The molecule has 4 nitrogen and oxygen atoms in total. The fourth-order valence-corrected chi connectivity index (χ4v) is 2.88. The van der Waals surface area contributed by atoms with Crippen LogP contribution in [0.1, 0.15) is 31.9 Å². The SMILES string of the molecule is CN(Cc1cn2ccccc2c1C#N)C(CO)C(C)(C)C. The van der Waals surface area contributed by atoms with Crippen LogP contribution >= 0.6 is 0 Å². The van der Waals surface area contributed by atoms with Crippen molar-refractivity contribution in [2.45, 2.75) is 33.4 Å². The standard InChI is InChI=1S/C17H23N3O/c1-17(2,3)16(12-21)19(4)10-13-11-20-8-6-5-7-15(20)14(13)9-18/h5-8,11,16,21H,10,12H2,1-4H3. The molecule has 0 aliphatic heterocycles. The molecule has 0 bridgehead atoms. The van der Waals surface area contributed by atoms with Gasteiger partial charge in [-0.25, -0.2) is 0 Å². The molecule has 1 N–H and O–H groups in total. The van der Waals surface area contributed by atoms with Gasteiger partial charge in [-0.3, -0.25) is 4.90 Å². The number of aliphatic hydroxyl groups excluding tert-OH is 1. The minimum Gasteiger partial charge on any atom is -0.395 e. The van der Waals surface area contributed by atoms with Crippen molar-refractivity contribution < 1.29 is 5.11 Å². The number of likely N-dealkylation sites (N-methyl/N-ethyl adjacent to an activating group) is 1. The first-order valence-corrected chi connectivity index (χ1v) is 7.18. The van der Waals surface area contributed by atoms with Crippen molar-refractivity contribution in [1.29, 1.82) is 5.26 Å². The Morgan fingerprint density at radius 2 is 2.10 bits per heavy atom. The molecule has 0 amide bonds. The highest BCUT2D eigenvalue weighted by Crippen LogP contribution is 2.26. The lowest BCUT2D eigenvalue weighted by Gasteiger charge is -2.36. The summed E-state index contributed by atoms with van der Waals surface area (Å²) in [5, 5.41) is 19.1. The molecule has 0 aromatic carbocycles. The van der Waals surface area contributed by atoms with E-state index in [9.17, 15) is 10.4 Å². The Kier molecular flexibility index (Phi) is 4.36. The van der Waals surface area contributed by atoms with E-state index in [4.69, 9.17) is 0 Å². The van der Waals surface area contributed by atoms with Crippen LogP contribution in [0, 0.1) is 16.7 Å². The third-order valence-corrected chi connectivity index (χ3v) is 4.00. The van der Waals surface area contributed by atoms with Crippen molar-refractivity contribution in [1.82, 2.24) is 9.30 Å². The van der Waals surface area contributed by atoms with E-state index in [0.29, 0.717) is 12.1 Å². The predicted molar refractivity (Wildman–Crippen MR) is 83.9 cm³/mol. The summed E-state index contributed by atoms with van der Waals surface area (Å²) in [5.41, 5.74) is 2.62. The number of nitrogens with zero attached hydrogens (tertiary/aromatic N) is 3. The van der Waals surface area contributed by atoms with Gasteiger partial charge in [0.1, 0.15) is 6.07 Å². The molecular formula is C17H23N3O. The summed E-state index contributed by atoms with van der Waals surface area (Å²) in [4.78, 5) is 2.12. The second-order valence-corrected chi connectivity index (χ2v) is 6.61. The van der Waals surface area contributed by atoms with Crippen LogP contribution in [0.3, 0.4) is 0 Å². The minimum absolute atomic E-state index is 0.0184. The summed E-state index contributed by atoms with van der Waals surface area (Å²) in [6.07, 6.45) is 3.95. The first kappa shape index (κ1) is 15.6. The van der Waals surface area contributed by atoms with Crippen LogP contribution in [-0.2, 0) is 6.54 Å². The van der Waals surface area contributed by atoms with Crippen molar-refractivity contribution in [3.8, 4) is 6.07 Å². The number of hydrogen-bond acceptors (Lipinski definition) is 3. The molecule has 1 unspecified atom stereocenters. The van der Waals surface area contributed by atoms with Gasteiger partial charge in [-0.15, -0.1) is 0 Å². The summed E-state index contributed by atoms with van der Waals surface area (Å²) < 4.78 is 1.98. The zero-order chi connectivity index (χ0) is 15.6. The summed E-state index contributed by atoms with van der Waals surface area (Å²) in [5.74, 6) is 0. The summed E-state index contributed by atoms with van der Waals surface area (Å²) in [6.45, 7) is 7.10. The lowest BCUT2D eigenvalue weighted by molar-refractivity contribution is 0.0614. The largest absolute Gasteiger partial charge is 0.395 e. The molecule has 4 heteroatoms. The maximum Gasteiger partial charge on any atom is 0.102 e. The van der Waals surface area contributed by atoms with E-state index < -0.39 is 0 Å². The number of pyridine rings is 1. The van der Waals surface area contributed by atoms with Gasteiger partial charge < -0.3 is 9.51 Å². The third kappa shape index (κ3) is 3.10. The van der Waals surface area contributed by atoms with Crippen LogP contribution in [0.2, 0.25) is 0 Å². The highest BCUT2D eigenvalue weighted by Gasteiger charge is 2.28. The Labute approximate surface area is 126 Å². The first-order chi connectivity index (χ1) is 9.88.